The van der Waals surface area contributed by atoms with Crippen molar-refractivity contribution in [2.24, 2.45) is 0 Å². The Balaban J connectivity index is 2.70. The molecule has 0 aliphatic heterocycles. The van der Waals surface area contributed by atoms with Gasteiger partial charge in [0.15, 0.2) is 0 Å². The summed E-state index contributed by atoms with van der Waals surface area (Å²) in [7, 11) is 1.41. The number of hydrogen-bond acceptors (Lipinski definition) is 4. The van der Waals surface area contributed by atoms with Crippen molar-refractivity contribution in [1.82, 2.24) is 9.97 Å². The molecule has 7 heteroatoms. The number of anilines is 1. The van der Waals surface area contributed by atoms with Crippen LogP contribution in [-0.4, -0.2) is 17.1 Å². The third-order valence-electron chi connectivity index (χ3n) is 2.19. The van der Waals surface area contributed by atoms with E-state index in [0.29, 0.717) is 11.1 Å². The Morgan fingerprint density at radius 2 is 1.94 bits per heavy atom. The molecule has 1 aromatic heterocycles. The molecule has 4 nitrogen and oxygen atoms in total. The highest BCUT2D eigenvalue weighted by Gasteiger charge is 2.35. The lowest BCUT2D eigenvalue weighted by Crippen LogP contribution is -2.12. The second-order valence-corrected chi connectivity index (χ2v) is 3.31. The summed E-state index contributed by atoms with van der Waals surface area (Å²) in [5, 5.41) is 0.360. The summed E-state index contributed by atoms with van der Waals surface area (Å²) in [6.07, 6.45) is -4.62. The number of ether oxygens (including phenoxy) is 1. The minimum atomic E-state index is -4.62. The SMILES string of the molecule is COc1ccc2c(N)nc(C(F)(F)F)nc2c1. The first kappa shape index (κ1) is 11.4. The van der Waals surface area contributed by atoms with E-state index >= 15 is 0 Å². The molecule has 0 saturated heterocycles. The van der Waals surface area contributed by atoms with Gasteiger partial charge in [-0.05, 0) is 12.1 Å². The van der Waals surface area contributed by atoms with Gasteiger partial charge in [0, 0.05) is 11.5 Å². The Kier molecular flexibility index (Phi) is 2.53. The van der Waals surface area contributed by atoms with E-state index in [-0.39, 0.29) is 11.3 Å². The zero-order chi connectivity index (χ0) is 12.6. The van der Waals surface area contributed by atoms with Gasteiger partial charge in [-0.2, -0.15) is 13.2 Å². The van der Waals surface area contributed by atoms with Crippen LogP contribution in [-0.2, 0) is 6.18 Å². The predicted octanol–water partition coefficient (Wildman–Crippen LogP) is 2.24. The minimum absolute atomic E-state index is 0.101. The molecule has 0 atom stereocenters. The molecule has 90 valence electrons. The molecule has 0 unspecified atom stereocenters. The van der Waals surface area contributed by atoms with Crippen molar-refractivity contribution >= 4 is 16.7 Å². The summed E-state index contributed by atoms with van der Waals surface area (Å²) in [6, 6.07) is 4.47. The van der Waals surface area contributed by atoms with Crippen LogP contribution in [0.4, 0.5) is 19.0 Å². The van der Waals surface area contributed by atoms with E-state index < -0.39 is 12.0 Å². The smallest absolute Gasteiger partial charge is 0.451 e. The molecule has 0 aliphatic rings. The van der Waals surface area contributed by atoms with Crippen LogP contribution < -0.4 is 10.5 Å². The maximum atomic E-state index is 12.5. The second-order valence-electron chi connectivity index (χ2n) is 3.31. The fourth-order valence-electron chi connectivity index (χ4n) is 1.39. The van der Waals surface area contributed by atoms with Crippen molar-refractivity contribution in [3.63, 3.8) is 0 Å². The standard InChI is InChI=1S/C10H8F3N3O/c1-17-5-2-3-6-7(4-5)15-9(10(11,12)13)16-8(6)14/h2-4H,1H3,(H2,14,15,16). The van der Waals surface area contributed by atoms with Crippen LogP contribution in [0.1, 0.15) is 5.82 Å². The fraction of sp³-hybridized carbons (Fsp3) is 0.200. The van der Waals surface area contributed by atoms with E-state index in [0.717, 1.165) is 0 Å². The number of benzene rings is 1. The monoisotopic (exact) mass is 243 g/mol. The Bertz CT molecular complexity index is 568. The largest absolute Gasteiger partial charge is 0.497 e. The van der Waals surface area contributed by atoms with Crippen molar-refractivity contribution in [2.45, 2.75) is 6.18 Å². The van der Waals surface area contributed by atoms with Crippen LogP contribution in [0.5, 0.6) is 5.75 Å². The molecule has 2 N–H and O–H groups in total. The van der Waals surface area contributed by atoms with Crippen LogP contribution >= 0.6 is 0 Å². The number of alkyl halides is 3. The first-order valence-corrected chi connectivity index (χ1v) is 4.60. The highest BCUT2D eigenvalue weighted by molar-refractivity contribution is 5.88. The number of rotatable bonds is 1. The Hall–Kier alpha value is -2.05. The van der Waals surface area contributed by atoms with Crippen LogP contribution in [0.15, 0.2) is 18.2 Å². The molecule has 0 saturated carbocycles. The van der Waals surface area contributed by atoms with Crippen molar-refractivity contribution < 1.29 is 17.9 Å². The molecule has 1 aromatic carbocycles. The van der Waals surface area contributed by atoms with E-state index in [1.807, 2.05) is 0 Å². The van der Waals surface area contributed by atoms with E-state index in [2.05, 4.69) is 9.97 Å². The highest BCUT2D eigenvalue weighted by atomic mass is 19.4. The van der Waals surface area contributed by atoms with Gasteiger partial charge < -0.3 is 10.5 Å². The summed E-state index contributed by atoms with van der Waals surface area (Å²) in [5.74, 6) is -1.05. The first-order chi connectivity index (χ1) is 7.91. The third-order valence-corrected chi connectivity index (χ3v) is 2.19. The summed E-state index contributed by atoms with van der Waals surface area (Å²) in [4.78, 5) is 6.65. The molecule has 2 aromatic rings. The summed E-state index contributed by atoms with van der Waals surface area (Å²) >= 11 is 0. The van der Waals surface area contributed by atoms with E-state index in [4.69, 9.17) is 10.5 Å². The van der Waals surface area contributed by atoms with E-state index in [1.54, 1.807) is 6.07 Å². The van der Waals surface area contributed by atoms with Crippen LogP contribution in [0.2, 0.25) is 0 Å². The van der Waals surface area contributed by atoms with E-state index in [9.17, 15) is 13.2 Å². The average Bonchev–Trinajstić information content (AvgIpc) is 2.27. The van der Waals surface area contributed by atoms with Gasteiger partial charge in [-0.15, -0.1) is 0 Å². The molecule has 17 heavy (non-hydrogen) atoms. The maximum absolute atomic E-state index is 12.5. The molecule has 0 fully saturated rings. The molecular weight excluding hydrogens is 235 g/mol. The van der Waals surface area contributed by atoms with Gasteiger partial charge in [-0.1, -0.05) is 0 Å². The van der Waals surface area contributed by atoms with Gasteiger partial charge in [0.25, 0.3) is 0 Å². The molecule has 0 amide bonds. The number of nitrogen functional groups attached to an aromatic ring is 1. The summed E-state index contributed by atoms with van der Waals surface area (Å²) < 4.78 is 42.3. The topological polar surface area (TPSA) is 61.0 Å². The van der Waals surface area contributed by atoms with Crippen molar-refractivity contribution in [3.05, 3.63) is 24.0 Å². The van der Waals surface area contributed by atoms with Gasteiger partial charge >= 0.3 is 6.18 Å². The Labute approximate surface area is 94.2 Å². The zero-order valence-electron chi connectivity index (χ0n) is 8.75. The molecule has 2 rings (SSSR count). The van der Waals surface area contributed by atoms with Crippen LogP contribution in [0.3, 0.4) is 0 Å². The lowest BCUT2D eigenvalue weighted by Gasteiger charge is -2.08. The number of fused-ring (bicyclic) bond motifs is 1. The number of nitrogens with zero attached hydrogens (tertiary/aromatic N) is 2. The predicted molar refractivity (Wildman–Crippen MR) is 55.5 cm³/mol. The third kappa shape index (κ3) is 2.08. The molecule has 1 heterocycles. The zero-order valence-corrected chi connectivity index (χ0v) is 8.75. The first-order valence-electron chi connectivity index (χ1n) is 4.60. The lowest BCUT2D eigenvalue weighted by atomic mass is 10.2. The van der Waals surface area contributed by atoms with Gasteiger partial charge in [-0.3, -0.25) is 0 Å². The molecule has 0 spiro atoms. The minimum Gasteiger partial charge on any atom is -0.497 e. The fourth-order valence-corrected chi connectivity index (χ4v) is 1.39. The summed E-state index contributed by atoms with van der Waals surface area (Å²) in [5.41, 5.74) is 5.55. The summed E-state index contributed by atoms with van der Waals surface area (Å²) in [6.45, 7) is 0. The highest BCUT2D eigenvalue weighted by Crippen LogP contribution is 2.30. The Morgan fingerprint density at radius 1 is 1.24 bits per heavy atom. The molecular formula is C10H8F3N3O. The normalized spacial score (nSPS) is 11.8. The quantitative estimate of drug-likeness (QED) is 0.834. The number of aromatic nitrogens is 2. The number of hydrogen-bond donors (Lipinski definition) is 1. The molecule has 0 aliphatic carbocycles. The number of nitrogens with two attached hydrogens (primary N) is 1. The maximum Gasteiger partial charge on any atom is 0.451 e. The van der Waals surface area contributed by atoms with Crippen molar-refractivity contribution in [3.8, 4) is 5.75 Å². The second kappa shape index (κ2) is 3.76. The number of methoxy groups -OCH3 is 1. The van der Waals surface area contributed by atoms with Gasteiger partial charge in [-0.25, -0.2) is 9.97 Å². The van der Waals surface area contributed by atoms with Crippen molar-refractivity contribution in [1.29, 1.82) is 0 Å². The van der Waals surface area contributed by atoms with Crippen molar-refractivity contribution in [2.75, 3.05) is 12.8 Å². The number of halogens is 3. The Morgan fingerprint density at radius 3 is 2.53 bits per heavy atom. The van der Waals surface area contributed by atoms with E-state index in [1.165, 1.54) is 19.2 Å². The van der Waals surface area contributed by atoms with Crippen LogP contribution in [0.25, 0.3) is 10.9 Å². The van der Waals surface area contributed by atoms with Gasteiger partial charge in [0.1, 0.15) is 11.6 Å². The molecule has 0 bridgehead atoms. The average molecular weight is 243 g/mol. The van der Waals surface area contributed by atoms with Gasteiger partial charge in [0.05, 0.1) is 12.6 Å². The van der Waals surface area contributed by atoms with Crippen LogP contribution in [0, 0.1) is 0 Å². The molecule has 0 radical (unpaired) electrons. The lowest BCUT2D eigenvalue weighted by molar-refractivity contribution is -0.144. The van der Waals surface area contributed by atoms with Gasteiger partial charge in [0.2, 0.25) is 5.82 Å².